The molecule has 4 nitrogen and oxygen atoms in total. The second-order valence-electron chi connectivity index (χ2n) is 3.83. The molecule has 1 unspecified atom stereocenters. The zero-order chi connectivity index (χ0) is 13.5. The fraction of sp³-hybridized carbons (Fsp3) is 0.462. The van der Waals surface area contributed by atoms with E-state index in [0.29, 0.717) is 30.2 Å². The summed E-state index contributed by atoms with van der Waals surface area (Å²) in [6.07, 6.45) is -0.166. The predicted octanol–water partition coefficient (Wildman–Crippen LogP) is 2.37. The van der Waals surface area contributed by atoms with E-state index in [1.807, 2.05) is 6.92 Å². The summed E-state index contributed by atoms with van der Waals surface area (Å²) in [4.78, 5) is 10.9. The molecule has 2 N–H and O–H groups in total. The molecule has 1 aromatic rings. The van der Waals surface area contributed by atoms with Crippen LogP contribution in [0, 0.1) is 0 Å². The number of rotatable bonds is 7. The average molecular weight is 273 g/mol. The van der Waals surface area contributed by atoms with Gasteiger partial charge in [0.25, 0.3) is 0 Å². The summed E-state index contributed by atoms with van der Waals surface area (Å²) in [7, 11) is 0. The highest BCUT2D eigenvalue weighted by molar-refractivity contribution is 6.17. The molecule has 0 fully saturated rings. The summed E-state index contributed by atoms with van der Waals surface area (Å²) < 4.78 is 5.31. The van der Waals surface area contributed by atoms with Crippen LogP contribution in [0.5, 0.6) is 5.75 Å². The quantitative estimate of drug-likeness (QED) is 0.748. The van der Waals surface area contributed by atoms with Crippen molar-refractivity contribution in [3.8, 4) is 5.75 Å². The van der Waals surface area contributed by atoms with Crippen molar-refractivity contribution >= 4 is 17.6 Å². The Labute approximate surface area is 111 Å². The van der Waals surface area contributed by atoms with E-state index in [1.165, 1.54) is 0 Å². The van der Waals surface area contributed by atoms with Crippen molar-refractivity contribution in [2.24, 2.45) is 0 Å². The third kappa shape index (κ3) is 3.89. The maximum absolute atomic E-state index is 10.9. The first-order valence-corrected chi connectivity index (χ1v) is 6.36. The van der Waals surface area contributed by atoms with Crippen LogP contribution in [0.4, 0.5) is 0 Å². The van der Waals surface area contributed by atoms with Crippen LogP contribution in [0.1, 0.15) is 30.6 Å². The zero-order valence-electron chi connectivity index (χ0n) is 10.2. The van der Waals surface area contributed by atoms with Gasteiger partial charge in [-0.05, 0) is 43.0 Å². The lowest BCUT2D eigenvalue weighted by Gasteiger charge is -2.14. The third-order valence-corrected chi connectivity index (χ3v) is 2.80. The van der Waals surface area contributed by atoms with Gasteiger partial charge in [-0.25, -0.2) is 4.79 Å². The van der Waals surface area contributed by atoms with Gasteiger partial charge < -0.3 is 14.9 Å². The highest BCUT2D eigenvalue weighted by atomic mass is 35.5. The number of halogens is 1. The van der Waals surface area contributed by atoms with Gasteiger partial charge in [0.1, 0.15) is 5.75 Å². The van der Waals surface area contributed by atoms with Gasteiger partial charge in [0.15, 0.2) is 6.10 Å². The molecule has 18 heavy (non-hydrogen) atoms. The van der Waals surface area contributed by atoms with E-state index >= 15 is 0 Å². The largest absolute Gasteiger partial charge is 0.494 e. The summed E-state index contributed by atoms with van der Waals surface area (Å²) in [6.45, 7) is 2.33. The highest BCUT2D eigenvalue weighted by Crippen LogP contribution is 2.25. The number of carboxylic acid groups (broad SMARTS) is 1. The molecular weight excluding hydrogens is 256 g/mol. The first-order chi connectivity index (χ1) is 8.60. The lowest BCUT2D eigenvalue weighted by atomic mass is 9.98. The minimum atomic E-state index is -1.53. The molecule has 0 aliphatic carbocycles. The molecule has 0 aliphatic heterocycles. The molecule has 0 aromatic heterocycles. The lowest BCUT2D eigenvalue weighted by molar-refractivity contribution is -0.147. The fourth-order valence-electron chi connectivity index (χ4n) is 1.70. The molecule has 1 aromatic carbocycles. The number of aryl methyl sites for hydroxylation is 1. The van der Waals surface area contributed by atoms with Gasteiger partial charge in [-0.2, -0.15) is 0 Å². The van der Waals surface area contributed by atoms with Gasteiger partial charge in [0.2, 0.25) is 0 Å². The maximum atomic E-state index is 10.9. The van der Waals surface area contributed by atoms with E-state index < -0.39 is 12.1 Å². The number of hydrogen-bond acceptors (Lipinski definition) is 3. The van der Waals surface area contributed by atoms with E-state index in [-0.39, 0.29) is 0 Å². The summed E-state index contributed by atoms with van der Waals surface area (Å²) in [5, 5.41) is 18.6. The summed E-state index contributed by atoms with van der Waals surface area (Å²) >= 11 is 5.62. The Balaban J connectivity index is 3.04. The Morgan fingerprint density at radius 2 is 2.22 bits per heavy atom. The molecule has 1 rings (SSSR count). The van der Waals surface area contributed by atoms with E-state index in [0.717, 1.165) is 12.0 Å². The molecule has 0 amide bonds. The van der Waals surface area contributed by atoms with Crippen molar-refractivity contribution in [3.05, 3.63) is 29.3 Å². The Bertz CT molecular complexity index is 406. The van der Waals surface area contributed by atoms with Crippen molar-refractivity contribution in [1.29, 1.82) is 0 Å². The predicted molar refractivity (Wildman–Crippen MR) is 69.2 cm³/mol. The molecule has 0 spiro atoms. The smallest absolute Gasteiger partial charge is 0.337 e. The number of aliphatic carboxylic acids is 1. The first-order valence-electron chi connectivity index (χ1n) is 5.82. The van der Waals surface area contributed by atoms with Crippen LogP contribution in [0.25, 0.3) is 0 Å². The lowest BCUT2D eigenvalue weighted by Crippen LogP contribution is -2.13. The number of aliphatic hydroxyl groups is 1. The van der Waals surface area contributed by atoms with E-state index in [2.05, 4.69) is 0 Å². The minimum Gasteiger partial charge on any atom is -0.494 e. The second kappa shape index (κ2) is 7.24. The monoisotopic (exact) mass is 272 g/mol. The van der Waals surface area contributed by atoms with E-state index in [1.54, 1.807) is 18.2 Å². The molecule has 0 radical (unpaired) electrons. The standard InChI is InChI=1S/C13H17ClO4/c1-2-18-10-6-5-9(4-3-7-14)11(8-10)12(15)13(16)17/h5-6,8,12,15H,2-4,7H2,1H3,(H,16,17). The molecular formula is C13H17ClO4. The topological polar surface area (TPSA) is 66.8 Å². The molecule has 1 atom stereocenters. The zero-order valence-corrected chi connectivity index (χ0v) is 11.0. The van der Waals surface area contributed by atoms with Crippen LogP contribution in [-0.4, -0.2) is 28.7 Å². The van der Waals surface area contributed by atoms with Gasteiger partial charge in [0.05, 0.1) is 6.61 Å². The summed E-state index contributed by atoms with van der Waals surface area (Å²) in [6, 6.07) is 5.12. The Kier molecular flexibility index (Phi) is 5.95. The summed E-state index contributed by atoms with van der Waals surface area (Å²) in [5.41, 5.74) is 1.16. The van der Waals surface area contributed by atoms with Gasteiger partial charge in [0, 0.05) is 5.88 Å². The van der Waals surface area contributed by atoms with Crippen LogP contribution >= 0.6 is 11.6 Å². The fourth-order valence-corrected chi connectivity index (χ4v) is 1.84. The second-order valence-corrected chi connectivity index (χ2v) is 4.20. The number of alkyl halides is 1. The molecule has 0 saturated heterocycles. The van der Waals surface area contributed by atoms with Gasteiger partial charge in [-0.15, -0.1) is 11.6 Å². The van der Waals surface area contributed by atoms with Crippen molar-refractivity contribution < 1.29 is 19.7 Å². The first kappa shape index (κ1) is 14.8. The van der Waals surface area contributed by atoms with Crippen LogP contribution in [-0.2, 0) is 11.2 Å². The summed E-state index contributed by atoms with van der Waals surface area (Å²) in [5.74, 6) is -0.214. The number of ether oxygens (including phenoxy) is 1. The normalized spacial score (nSPS) is 12.2. The molecule has 0 aliphatic rings. The average Bonchev–Trinajstić information content (AvgIpc) is 2.36. The van der Waals surface area contributed by atoms with Crippen molar-refractivity contribution in [1.82, 2.24) is 0 Å². The molecule has 0 saturated carbocycles. The van der Waals surface area contributed by atoms with Crippen LogP contribution in [0.2, 0.25) is 0 Å². The minimum absolute atomic E-state index is 0.374. The highest BCUT2D eigenvalue weighted by Gasteiger charge is 2.20. The molecule has 0 heterocycles. The van der Waals surface area contributed by atoms with Gasteiger partial charge in [-0.1, -0.05) is 6.07 Å². The third-order valence-electron chi connectivity index (χ3n) is 2.54. The van der Waals surface area contributed by atoms with Crippen molar-refractivity contribution in [2.75, 3.05) is 12.5 Å². The van der Waals surface area contributed by atoms with Crippen LogP contribution in [0.3, 0.4) is 0 Å². The van der Waals surface area contributed by atoms with Crippen molar-refractivity contribution in [3.63, 3.8) is 0 Å². The van der Waals surface area contributed by atoms with Gasteiger partial charge in [-0.3, -0.25) is 0 Å². The molecule has 100 valence electrons. The Morgan fingerprint density at radius 1 is 1.50 bits per heavy atom. The number of aliphatic hydroxyl groups excluding tert-OH is 1. The Morgan fingerprint density at radius 3 is 2.78 bits per heavy atom. The van der Waals surface area contributed by atoms with Gasteiger partial charge >= 0.3 is 5.97 Å². The van der Waals surface area contributed by atoms with Crippen LogP contribution in [0.15, 0.2) is 18.2 Å². The van der Waals surface area contributed by atoms with Crippen molar-refractivity contribution in [2.45, 2.75) is 25.9 Å². The SMILES string of the molecule is CCOc1ccc(CCCCl)c(C(O)C(=O)O)c1. The van der Waals surface area contributed by atoms with E-state index in [4.69, 9.17) is 21.4 Å². The van der Waals surface area contributed by atoms with E-state index in [9.17, 15) is 9.90 Å². The maximum Gasteiger partial charge on any atom is 0.337 e. The number of benzene rings is 1. The Hall–Kier alpha value is -1.26. The number of carbonyl (C=O) groups is 1. The molecule has 0 bridgehead atoms. The number of hydrogen-bond donors (Lipinski definition) is 2. The number of carboxylic acids is 1. The van der Waals surface area contributed by atoms with Crippen LogP contribution < -0.4 is 4.74 Å². The molecule has 5 heteroatoms.